The zero-order valence-electron chi connectivity index (χ0n) is 23.9. The molecule has 11 nitrogen and oxygen atoms in total. The molecule has 5 heterocycles. The largest absolute Gasteiger partial charge is 0.356 e. The van der Waals surface area contributed by atoms with Crippen molar-refractivity contribution in [3.8, 4) is 11.1 Å². The van der Waals surface area contributed by atoms with Crippen LogP contribution in [-0.2, 0) is 18.4 Å². The number of aromatic nitrogens is 3. The SMILES string of the molecule is CCNC(=O)N1CCN(C(=O)CCCCN)c2cc3c(cc21)-c1cn(C)c(=O)c2[nH]cc(c12)CN3c1ncc(F)cc1F. The van der Waals surface area contributed by atoms with E-state index >= 15 is 4.39 Å². The number of urea groups is 1. The van der Waals surface area contributed by atoms with Crippen molar-refractivity contribution < 1.29 is 18.4 Å². The van der Waals surface area contributed by atoms with Crippen LogP contribution in [0, 0.1) is 11.6 Å². The molecular formula is C30H32F2N8O3. The number of rotatable bonds is 6. The Labute approximate surface area is 245 Å². The van der Waals surface area contributed by atoms with Crippen molar-refractivity contribution in [3.63, 3.8) is 0 Å². The molecule has 0 spiro atoms. The van der Waals surface area contributed by atoms with Crippen LogP contribution >= 0.6 is 0 Å². The number of aryl methyl sites for hydroxylation is 1. The number of unbranched alkanes of at least 4 members (excludes halogenated alkanes) is 1. The van der Waals surface area contributed by atoms with Gasteiger partial charge in [0, 0.05) is 68.1 Å². The lowest BCUT2D eigenvalue weighted by Crippen LogP contribution is -2.49. The van der Waals surface area contributed by atoms with E-state index in [1.165, 1.54) is 4.57 Å². The molecule has 0 saturated carbocycles. The lowest BCUT2D eigenvalue weighted by atomic mass is 9.98. The summed E-state index contributed by atoms with van der Waals surface area (Å²) in [5.74, 6) is -1.92. The van der Waals surface area contributed by atoms with E-state index in [1.807, 2.05) is 6.92 Å². The van der Waals surface area contributed by atoms with Crippen LogP contribution in [0.25, 0.3) is 22.0 Å². The third-order valence-corrected chi connectivity index (χ3v) is 7.98. The second kappa shape index (κ2) is 11.1. The number of H-pyrrole nitrogens is 1. The predicted octanol–water partition coefficient (Wildman–Crippen LogP) is 3.87. The number of nitrogens with one attached hydrogen (secondary N) is 2. The second-order valence-electron chi connectivity index (χ2n) is 10.7. The zero-order valence-corrected chi connectivity index (χ0v) is 23.9. The summed E-state index contributed by atoms with van der Waals surface area (Å²) in [6, 6.07) is 4.01. The van der Waals surface area contributed by atoms with E-state index in [2.05, 4.69) is 15.3 Å². The minimum absolute atomic E-state index is 0.103. The third-order valence-electron chi connectivity index (χ3n) is 7.98. The van der Waals surface area contributed by atoms with Gasteiger partial charge >= 0.3 is 6.03 Å². The van der Waals surface area contributed by atoms with Gasteiger partial charge in [0.1, 0.15) is 11.3 Å². The molecule has 1 aromatic carbocycles. The molecule has 3 aromatic heterocycles. The first-order valence-electron chi connectivity index (χ1n) is 14.3. The van der Waals surface area contributed by atoms with Crippen LogP contribution in [0.1, 0.15) is 31.7 Å². The summed E-state index contributed by atoms with van der Waals surface area (Å²) in [4.78, 5) is 51.8. The lowest BCUT2D eigenvalue weighted by molar-refractivity contribution is -0.118. The van der Waals surface area contributed by atoms with Gasteiger partial charge in [-0.15, -0.1) is 0 Å². The Morgan fingerprint density at radius 2 is 1.84 bits per heavy atom. The van der Waals surface area contributed by atoms with Crippen LogP contribution < -0.4 is 31.3 Å². The van der Waals surface area contributed by atoms with Crippen LogP contribution in [0.5, 0.6) is 0 Å². The van der Waals surface area contributed by atoms with Crippen molar-refractivity contribution in [1.82, 2.24) is 19.9 Å². The van der Waals surface area contributed by atoms with Crippen LogP contribution in [0.4, 0.5) is 36.5 Å². The Hall–Kier alpha value is -4.78. The highest BCUT2D eigenvalue weighted by molar-refractivity contribution is 6.09. The molecule has 4 N–H and O–H groups in total. The summed E-state index contributed by atoms with van der Waals surface area (Å²) in [6.45, 7) is 3.33. The maximum atomic E-state index is 15.4. The van der Waals surface area contributed by atoms with E-state index < -0.39 is 11.6 Å². The van der Waals surface area contributed by atoms with Gasteiger partial charge in [0.05, 0.1) is 29.8 Å². The number of nitrogens with zero attached hydrogens (tertiary/aromatic N) is 5. The van der Waals surface area contributed by atoms with E-state index in [4.69, 9.17) is 5.73 Å². The van der Waals surface area contributed by atoms with Crippen molar-refractivity contribution in [2.45, 2.75) is 32.7 Å². The molecule has 0 saturated heterocycles. The molecule has 2 aliphatic heterocycles. The van der Waals surface area contributed by atoms with Gasteiger partial charge in [-0.25, -0.2) is 18.6 Å². The fraction of sp³-hybridized carbons (Fsp3) is 0.333. The van der Waals surface area contributed by atoms with E-state index in [1.54, 1.807) is 46.3 Å². The van der Waals surface area contributed by atoms with Crippen LogP contribution in [0.15, 0.2) is 41.6 Å². The summed E-state index contributed by atoms with van der Waals surface area (Å²) >= 11 is 0. The van der Waals surface area contributed by atoms with Crippen molar-refractivity contribution >= 4 is 45.7 Å². The number of carbonyl (C=O) groups excluding carboxylic acids is 2. The fourth-order valence-corrected chi connectivity index (χ4v) is 5.96. The third kappa shape index (κ3) is 4.79. The molecule has 4 aromatic rings. The highest BCUT2D eigenvalue weighted by Gasteiger charge is 2.35. The maximum Gasteiger partial charge on any atom is 0.321 e. The minimum Gasteiger partial charge on any atom is -0.356 e. The predicted molar refractivity (Wildman–Crippen MR) is 161 cm³/mol. The summed E-state index contributed by atoms with van der Waals surface area (Å²) in [6.07, 6.45) is 5.95. The highest BCUT2D eigenvalue weighted by atomic mass is 19.1. The van der Waals surface area contributed by atoms with Gasteiger partial charge in [0.15, 0.2) is 11.6 Å². The minimum atomic E-state index is -0.866. The number of hydrogen-bond acceptors (Lipinski definition) is 6. The average Bonchev–Trinajstić information content (AvgIpc) is 3.36. The molecule has 224 valence electrons. The van der Waals surface area contributed by atoms with E-state index in [9.17, 15) is 18.8 Å². The quantitative estimate of drug-likeness (QED) is 0.292. The Kier molecular flexibility index (Phi) is 7.34. The molecule has 0 fully saturated rings. The van der Waals surface area contributed by atoms with Crippen molar-refractivity contribution in [2.24, 2.45) is 12.8 Å². The molecule has 6 rings (SSSR count). The number of nitrogens with two attached hydrogens (primary N) is 1. The van der Waals surface area contributed by atoms with Gasteiger partial charge in [-0.2, -0.15) is 0 Å². The smallest absolute Gasteiger partial charge is 0.321 e. The first kappa shape index (κ1) is 28.3. The highest BCUT2D eigenvalue weighted by Crippen LogP contribution is 2.49. The number of hydrogen-bond donors (Lipinski definition) is 3. The zero-order chi connectivity index (χ0) is 30.4. The number of aromatic amines is 1. The number of fused-ring (bicyclic) bond motifs is 3. The molecule has 43 heavy (non-hydrogen) atoms. The van der Waals surface area contributed by atoms with E-state index in [0.29, 0.717) is 70.6 Å². The lowest BCUT2D eigenvalue weighted by Gasteiger charge is -2.38. The summed E-state index contributed by atoms with van der Waals surface area (Å²) < 4.78 is 30.8. The fourth-order valence-electron chi connectivity index (χ4n) is 5.96. The molecule has 0 radical (unpaired) electrons. The van der Waals surface area contributed by atoms with Gasteiger partial charge in [-0.05, 0) is 44.0 Å². The number of halogens is 2. The van der Waals surface area contributed by atoms with Crippen molar-refractivity contribution in [3.05, 3.63) is 64.3 Å². The van der Waals surface area contributed by atoms with Crippen LogP contribution in [-0.4, -0.2) is 52.7 Å². The normalized spacial score (nSPS) is 14.0. The van der Waals surface area contributed by atoms with Crippen molar-refractivity contribution in [2.75, 3.05) is 40.9 Å². The number of benzene rings is 1. The number of amides is 3. The number of pyridine rings is 2. The maximum absolute atomic E-state index is 15.4. The topological polar surface area (TPSA) is 133 Å². The molecule has 0 unspecified atom stereocenters. The summed E-state index contributed by atoms with van der Waals surface area (Å²) in [5.41, 5.74) is 9.24. The van der Waals surface area contributed by atoms with E-state index in [-0.39, 0.29) is 49.4 Å². The van der Waals surface area contributed by atoms with Gasteiger partial charge < -0.3 is 30.4 Å². The number of carbonyl (C=O) groups is 2. The monoisotopic (exact) mass is 590 g/mol. The number of anilines is 4. The second-order valence-corrected chi connectivity index (χ2v) is 10.7. The Morgan fingerprint density at radius 1 is 1.07 bits per heavy atom. The Balaban J connectivity index is 1.63. The Bertz CT molecular complexity index is 1820. The van der Waals surface area contributed by atoms with Crippen LogP contribution in [0.2, 0.25) is 0 Å². The molecule has 0 aliphatic carbocycles. The molecule has 0 bridgehead atoms. The summed E-state index contributed by atoms with van der Waals surface area (Å²) in [7, 11) is 1.64. The molecule has 13 heteroatoms. The molecule has 3 amide bonds. The van der Waals surface area contributed by atoms with E-state index in [0.717, 1.165) is 12.3 Å². The van der Waals surface area contributed by atoms with Gasteiger partial charge in [-0.3, -0.25) is 14.5 Å². The van der Waals surface area contributed by atoms with Gasteiger partial charge in [0.25, 0.3) is 5.56 Å². The van der Waals surface area contributed by atoms with Gasteiger partial charge in [-0.1, -0.05) is 0 Å². The average molecular weight is 591 g/mol. The Morgan fingerprint density at radius 3 is 2.58 bits per heavy atom. The van der Waals surface area contributed by atoms with Crippen LogP contribution in [0.3, 0.4) is 0 Å². The molecular weight excluding hydrogens is 558 g/mol. The van der Waals surface area contributed by atoms with Gasteiger partial charge in [0.2, 0.25) is 5.91 Å². The first-order valence-corrected chi connectivity index (χ1v) is 14.3. The first-order chi connectivity index (χ1) is 20.7. The summed E-state index contributed by atoms with van der Waals surface area (Å²) in [5, 5.41) is 3.50. The molecule has 2 aliphatic rings. The molecule has 0 atom stereocenters. The van der Waals surface area contributed by atoms with Crippen molar-refractivity contribution in [1.29, 1.82) is 0 Å². The standard InChI is InChI=1S/C30H32F2N8O3/c1-3-34-30(43)39-9-8-38(25(41)6-4-5-7-33)24-12-22-19(11-23(24)39)20-16-37(2)29(42)27-26(20)17(13-35-27)15-40(22)28-21(32)10-18(31)14-36-28/h10-14,16,35H,3-9,15,33H2,1-2H3,(H,34,43).